The molecule has 0 bridgehead atoms. The van der Waals surface area contributed by atoms with E-state index in [1.807, 2.05) is 0 Å². The third kappa shape index (κ3) is 1.10. The van der Waals surface area contributed by atoms with E-state index in [9.17, 15) is 4.79 Å². The van der Waals surface area contributed by atoms with Crippen molar-refractivity contribution < 1.29 is 9.63 Å². The van der Waals surface area contributed by atoms with E-state index in [4.69, 9.17) is 4.84 Å². The highest BCUT2D eigenvalue weighted by Crippen LogP contribution is 2.58. The lowest BCUT2D eigenvalue weighted by molar-refractivity contribution is -0.171. The highest BCUT2D eigenvalue weighted by Gasteiger charge is 2.57. The minimum atomic E-state index is 0.271. The Hall–Kier alpha value is -0.570. The molecular formula is C10H15NO2. The van der Waals surface area contributed by atoms with Crippen molar-refractivity contribution in [2.45, 2.75) is 25.7 Å². The summed E-state index contributed by atoms with van der Waals surface area (Å²) in [5.41, 5.74) is 0. The number of rotatable bonds is 1. The molecule has 3 aliphatic rings. The molecule has 2 aliphatic carbocycles. The molecule has 3 nitrogen and oxygen atoms in total. The number of nitrogens with zero attached hydrogens (tertiary/aromatic N) is 1. The Morgan fingerprint density at radius 3 is 2.62 bits per heavy atom. The van der Waals surface area contributed by atoms with Crippen molar-refractivity contribution in [1.82, 2.24) is 5.06 Å². The molecule has 0 aromatic carbocycles. The smallest absolute Gasteiger partial charge is 0.249 e. The van der Waals surface area contributed by atoms with Crippen LogP contribution in [0, 0.1) is 17.8 Å². The minimum absolute atomic E-state index is 0.271. The van der Waals surface area contributed by atoms with Crippen LogP contribution in [0.4, 0.5) is 0 Å². The highest BCUT2D eigenvalue weighted by molar-refractivity contribution is 5.81. The summed E-state index contributed by atoms with van der Waals surface area (Å²) in [5.74, 6) is 2.05. The van der Waals surface area contributed by atoms with Gasteiger partial charge in [0.2, 0.25) is 5.91 Å². The number of hydrogen-bond donors (Lipinski definition) is 0. The van der Waals surface area contributed by atoms with Crippen molar-refractivity contribution >= 4 is 5.91 Å². The molecule has 0 spiro atoms. The molecule has 0 N–H and O–H groups in total. The van der Waals surface area contributed by atoms with E-state index in [1.165, 1.54) is 19.3 Å². The minimum Gasteiger partial charge on any atom is -0.272 e. The standard InChI is InChI=1S/C10H15NO2/c12-10(11-5-2-6-13-11)9-7-3-1-4-8(7)9/h7-9H,1-6H2. The zero-order chi connectivity index (χ0) is 8.84. The van der Waals surface area contributed by atoms with Gasteiger partial charge in [-0.25, -0.2) is 5.06 Å². The average Bonchev–Trinajstić information content (AvgIpc) is 2.68. The fourth-order valence-electron chi connectivity index (χ4n) is 2.98. The van der Waals surface area contributed by atoms with E-state index >= 15 is 0 Å². The normalized spacial score (nSPS) is 42.2. The molecule has 0 aromatic rings. The van der Waals surface area contributed by atoms with Gasteiger partial charge in [0, 0.05) is 5.92 Å². The molecule has 0 aromatic heterocycles. The van der Waals surface area contributed by atoms with Gasteiger partial charge in [-0.3, -0.25) is 9.63 Å². The fraction of sp³-hybridized carbons (Fsp3) is 0.900. The maximum atomic E-state index is 11.8. The molecular weight excluding hydrogens is 166 g/mol. The van der Waals surface area contributed by atoms with Gasteiger partial charge in [0.15, 0.2) is 0 Å². The topological polar surface area (TPSA) is 29.5 Å². The number of carbonyl (C=O) groups excluding carboxylic acids is 1. The first kappa shape index (κ1) is 7.80. The zero-order valence-corrected chi connectivity index (χ0v) is 7.74. The van der Waals surface area contributed by atoms with Crippen LogP contribution in [0.15, 0.2) is 0 Å². The van der Waals surface area contributed by atoms with Gasteiger partial charge in [0.25, 0.3) is 0 Å². The van der Waals surface area contributed by atoms with E-state index in [2.05, 4.69) is 0 Å². The number of hydroxylamine groups is 2. The van der Waals surface area contributed by atoms with E-state index in [0.29, 0.717) is 5.92 Å². The summed E-state index contributed by atoms with van der Waals surface area (Å²) in [7, 11) is 0. The van der Waals surface area contributed by atoms with Crippen molar-refractivity contribution in [2.75, 3.05) is 13.2 Å². The molecule has 2 saturated carbocycles. The van der Waals surface area contributed by atoms with Crippen LogP contribution in [-0.2, 0) is 9.63 Å². The first-order valence-electron chi connectivity index (χ1n) is 5.32. The second-order valence-electron chi connectivity index (χ2n) is 4.41. The van der Waals surface area contributed by atoms with Crippen LogP contribution >= 0.6 is 0 Å². The van der Waals surface area contributed by atoms with E-state index in [-0.39, 0.29) is 5.91 Å². The third-order valence-electron chi connectivity index (χ3n) is 3.69. The zero-order valence-electron chi connectivity index (χ0n) is 7.74. The molecule has 3 heteroatoms. The van der Waals surface area contributed by atoms with E-state index in [0.717, 1.165) is 31.4 Å². The Bertz CT molecular complexity index is 225. The predicted octanol–water partition coefficient (Wildman–Crippen LogP) is 1.20. The van der Waals surface area contributed by atoms with Crippen molar-refractivity contribution in [3.8, 4) is 0 Å². The molecule has 1 heterocycles. The van der Waals surface area contributed by atoms with Crippen LogP contribution in [0.5, 0.6) is 0 Å². The van der Waals surface area contributed by atoms with Gasteiger partial charge in [-0.05, 0) is 31.1 Å². The van der Waals surface area contributed by atoms with Crippen LogP contribution in [-0.4, -0.2) is 24.1 Å². The number of carbonyl (C=O) groups is 1. The lowest BCUT2D eigenvalue weighted by Gasteiger charge is -2.14. The lowest BCUT2D eigenvalue weighted by Crippen LogP contribution is -2.29. The quantitative estimate of drug-likeness (QED) is 0.608. The monoisotopic (exact) mass is 181 g/mol. The first-order chi connectivity index (χ1) is 6.38. The van der Waals surface area contributed by atoms with Crippen molar-refractivity contribution in [3.63, 3.8) is 0 Å². The summed E-state index contributed by atoms with van der Waals surface area (Å²) in [5, 5.41) is 1.60. The summed E-state index contributed by atoms with van der Waals surface area (Å²) >= 11 is 0. The first-order valence-corrected chi connectivity index (χ1v) is 5.32. The molecule has 2 atom stereocenters. The van der Waals surface area contributed by atoms with Gasteiger partial charge in [-0.2, -0.15) is 0 Å². The van der Waals surface area contributed by atoms with Crippen molar-refractivity contribution in [2.24, 2.45) is 17.8 Å². The molecule has 72 valence electrons. The SMILES string of the molecule is O=C(C1C2CCCC21)N1CCCO1. The summed E-state index contributed by atoms with van der Waals surface area (Å²) in [6.07, 6.45) is 4.89. The molecule has 3 fully saturated rings. The maximum Gasteiger partial charge on any atom is 0.249 e. The number of amides is 1. The molecule has 1 saturated heterocycles. The summed E-state index contributed by atoms with van der Waals surface area (Å²) < 4.78 is 0. The Morgan fingerprint density at radius 1 is 1.23 bits per heavy atom. The molecule has 2 unspecified atom stereocenters. The second-order valence-corrected chi connectivity index (χ2v) is 4.41. The Kier molecular flexibility index (Phi) is 1.62. The lowest BCUT2D eigenvalue weighted by atomic mass is 10.1. The number of fused-ring (bicyclic) bond motifs is 1. The van der Waals surface area contributed by atoms with E-state index < -0.39 is 0 Å². The van der Waals surface area contributed by atoms with Crippen molar-refractivity contribution in [1.29, 1.82) is 0 Å². The number of hydrogen-bond acceptors (Lipinski definition) is 2. The van der Waals surface area contributed by atoms with Gasteiger partial charge >= 0.3 is 0 Å². The highest BCUT2D eigenvalue weighted by atomic mass is 16.7. The van der Waals surface area contributed by atoms with Crippen LogP contribution in [0.3, 0.4) is 0 Å². The fourth-order valence-corrected chi connectivity index (χ4v) is 2.98. The molecule has 1 aliphatic heterocycles. The maximum absolute atomic E-state index is 11.8. The van der Waals surface area contributed by atoms with Gasteiger partial charge in [-0.15, -0.1) is 0 Å². The Balaban J connectivity index is 1.63. The third-order valence-corrected chi connectivity index (χ3v) is 3.69. The Morgan fingerprint density at radius 2 is 2.00 bits per heavy atom. The van der Waals surface area contributed by atoms with Gasteiger partial charge in [0.05, 0.1) is 13.2 Å². The molecule has 1 amide bonds. The molecule has 13 heavy (non-hydrogen) atoms. The van der Waals surface area contributed by atoms with Crippen LogP contribution in [0.2, 0.25) is 0 Å². The molecule has 0 radical (unpaired) electrons. The van der Waals surface area contributed by atoms with Crippen LogP contribution < -0.4 is 0 Å². The van der Waals surface area contributed by atoms with E-state index in [1.54, 1.807) is 5.06 Å². The molecule has 3 rings (SSSR count). The van der Waals surface area contributed by atoms with Gasteiger partial charge in [-0.1, -0.05) is 6.42 Å². The van der Waals surface area contributed by atoms with Gasteiger partial charge < -0.3 is 0 Å². The van der Waals surface area contributed by atoms with Gasteiger partial charge in [0.1, 0.15) is 0 Å². The summed E-state index contributed by atoms with van der Waals surface area (Å²) in [6, 6.07) is 0. The van der Waals surface area contributed by atoms with Crippen LogP contribution in [0.1, 0.15) is 25.7 Å². The predicted molar refractivity (Wildman–Crippen MR) is 46.6 cm³/mol. The summed E-state index contributed by atoms with van der Waals surface area (Å²) in [6.45, 7) is 1.54. The summed E-state index contributed by atoms with van der Waals surface area (Å²) in [4.78, 5) is 17.1. The van der Waals surface area contributed by atoms with Crippen molar-refractivity contribution in [3.05, 3.63) is 0 Å². The largest absolute Gasteiger partial charge is 0.272 e. The second kappa shape index (κ2) is 2.71. The Labute approximate surface area is 78.0 Å². The average molecular weight is 181 g/mol. The van der Waals surface area contributed by atoms with Crippen LogP contribution in [0.25, 0.3) is 0 Å².